The first kappa shape index (κ1) is 21.8. The number of benzene rings is 1. The SMILES string of the molecule is C.CS(=O)c1ccc(C(=O)Cc2ccc(F)c([C@]3(C)CCSC(N)=N3)c2)s1. The van der Waals surface area contributed by atoms with Crippen LogP contribution in [0.2, 0.25) is 0 Å². The molecule has 1 aromatic carbocycles. The van der Waals surface area contributed by atoms with Gasteiger partial charge in [0.15, 0.2) is 11.0 Å². The van der Waals surface area contributed by atoms with Crippen molar-refractivity contribution in [1.29, 1.82) is 0 Å². The van der Waals surface area contributed by atoms with E-state index in [1.54, 1.807) is 30.5 Å². The van der Waals surface area contributed by atoms with Crippen LogP contribution in [0.3, 0.4) is 0 Å². The van der Waals surface area contributed by atoms with Gasteiger partial charge in [0.25, 0.3) is 0 Å². The number of thiophene rings is 1. The number of hydrogen-bond acceptors (Lipinski definition) is 6. The van der Waals surface area contributed by atoms with Crippen molar-refractivity contribution in [3.8, 4) is 0 Å². The summed E-state index contributed by atoms with van der Waals surface area (Å²) < 4.78 is 26.6. The number of halogens is 1. The van der Waals surface area contributed by atoms with Crippen molar-refractivity contribution < 1.29 is 13.4 Å². The van der Waals surface area contributed by atoms with E-state index < -0.39 is 16.3 Å². The van der Waals surface area contributed by atoms with Crippen LogP contribution in [0.5, 0.6) is 0 Å². The minimum Gasteiger partial charge on any atom is -0.379 e. The van der Waals surface area contributed by atoms with Crippen molar-refractivity contribution in [1.82, 2.24) is 0 Å². The second-order valence-electron chi connectivity index (χ2n) is 6.31. The largest absolute Gasteiger partial charge is 0.379 e. The normalized spacial score (nSPS) is 20.5. The van der Waals surface area contributed by atoms with Crippen LogP contribution in [0.1, 0.15) is 41.6 Å². The zero-order valence-corrected chi connectivity index (χ0v) is 16.9. The van der Waals surface area contributed by atoms with Crippen LogP contribution in [0.4, 0.5) is 4.39 Å². The van der Waals surface area contributed by atoms with Crippen molar-refractivity contribution in [2.45, 2.75) is 36.9 Å². The number of ketones is 1. The summed E-state index contributed by atoms with van der Waals surface area (Å²) in [5, 5.41) is 0.457. The summed E-state index contributed by atoms with van der Waals surface area (Å²) in [7, 11) is -1.10. The molecule has 0 radical (unpaired) electrons. The van der Waals surface area contributed by atoms with Crippen LogP contribution in [0.25, 0.3) is 0 Å². The van der Waals surface area contributed by atoms with E-state index in [1.807, 2.05) is 6.92 Å². The lowest BCUT2D eigenvalue weighted by Crippen LogP contribution is -2.29. The molecule has 8 heteroatoms. The molecule has 1 aromatic heterocycles. The van der Waals surface area contributed by atoms with Crippen LogP contribution in [0.15, 0.2) is 39.5 Å². The summed E-state index contributed by atoms with van der Waals surface area (Å²) in [5.41, 5.74) is 6.31. The van der Waals surface area contributed by atoms with Gasteiger partial charge in [-0.1, -0.05) is 25.3 Å². The van der Waals surface area contributed by atoms with Crippen LogP contribution < -0.4 is 5.73 Å². The fourth-order valence-electron chi connectivity index (χ4n) is 2.87. The molecule has 0 bridgehead atoms. The topological polar surface area (TPSA) is 72.5 Å². The van der Waals surface area contributed by atoms with Crippen molar-refractivity contribution in [3.05, 3.63) is 52.2 Å². The minimum absolute atomic E-state index is 0. The quantitative estimate of drug-likeness (QED) is 0.722. The van der Waals surface area contributed by atoms with E-state index in [2.05, 4.69) is 4.99 Å². The average Bonchev–Trinajstić information content (AvgIpc) is 3.07. The molecule has 2 N–H and O–H groups in total. The molecule has 0 fully saturated rings. The second kappa shape index (κ2) is 8.67. The molecule has 0 amide bonds. The molecule has 146 valence electrons. The Morgan fingerprint density at radius 1 is 1.37 bits per heavy atom. The standard InChI is InChI=1S/C18H19FN2O2S3.CH4/c1-18(7-8-24-17(20)21-18)12-9-11(3-4-13(12)19)10-14(22)15-5-6-16(25-15)26(2)23;/h3-6,9H,7-8,10H2,1-2H3,(H2,20,21);1H4/t18-,26?;/m0./s1. The van der Waals surface area contributed by atoms with E-state index >= 15 is 0 Å². The molecular weight excluding hydrogens is 403 g/mol. The molecule has 0 saturated heterocycles. The Morgan fingerprint density at radius 3 is 2.74 bits per heavy atom. The summed E-state index contributed by atoms with van der Waals surface area (Å²) in [4.78, 5) is 17.5. The van der Waals surface area contributed by atoms with E-state index in [0.29, 0.717) is 26.2 Å². The average molecular weight is 427 g/mol. The molecule has 0 aliphatic carbocycles. The van der Waals surface area contributed by atoms with Crippen LogP contribution in [-0.2, 0) is 22.8 Å². The molecule has 1 unspecified atom stereocenters. The summed E-state index contributed by atoms with van der Waals surface area (Å²) in [6.45, 7) is 1.87. The molecule has 27 heavy (non-hydrogen) atoms. The highest BCUT2D eigenvalue weighted by Crippen LogP contribution is 2.37. The van der Waals surface area contributed by atoms with Crippen molar-refractivity contribution >= 4 is 44.8 Å². The third kappa shape index (κ3) is 4.86. The Morgan fingerprint density at radius 2 is 2.11 bits per heavy atom. The summed E-state index contributed by atoms with van der Waals surface area (Å²) in [5.74, 6) is 0.365. The number of amidine groups is 1. The number of Topliss-reactive ketones (excluding diaryl/α,β-unsaturated/α-hetero) is 1. The minimum atomic E-state index is -1.10. The van der Waals surface area contributed by atoms with Crippen LogP contribution >= 0.6 is 23.1 Å². The number of nitrogens with two attached hydrogens (primary N) is 1. The van der Waals surface area contributed by atoms with Crippen molar-refractivity contribution in [2.75, 3.05) is 12.0 Å². The number of thioether (sulfide) groups is 1. The van der Waals surface area contributed by atoms with E-state index in [0.717, 1.165) is 11.3 Å². The van der Waals surface area contributed by atoms with Gasteiger partial charge in [0.1, 0.15) is 5.82 Å². The highest BCUT2D eigenvalue weighted by atomic mass is 32.2. The molecule has 2 aromatic rings. The Balaban J connectivity index is 0.00000261. The molecule has 4 nitrogen and oxygen atoms in total. The number of carbonyl (C=O) groups excluding carboxylic acids is 1. The number of carbonyl (C=O) groups is 1. The molecule has 1 aliphatic rings. The van der Waals surface area contributed by atoms with E-state index in [9.17, 15) is 13.4 Å². The van der Waals surface area contributed by atoms with Gasteiger partial charge in [-0.15, -0.1) is 11.3 Å². The van der Waals surface area contributed by atoms with E-state index in [-0.39, 0.29) is 25.4 Å². The van der Waals surface area contributed by atoms with Gasteiger partial charge in [-0.05, 0) is 43.2 Å². The molecule has 3 rings (SSSR count). The van der Waals surface area contributed by atoms with Gasteiger partial charge in [0.2, 0.25) is 0 Å². The van der Waals surface area contributed by atoms with Crippen LogP contribution in [-0.4, -0.2) is 27.2 Å². The number of rotatable bonds is 5. The maximum Gasteiger partial charge on any atom is 0.177 e. The predicted molar refractivity (Wildman–Crippen MR) is 114 cm³/mol. The zero-order valence-electron chi connectivity index (χ0n) is 14.5. The monoisotopic (exact) mass is 426 g/mol. The smallest absolute Gasteiger partial charge is 0.177 e. The van der Waals surface area contributed by atoms with Gasteiger partial charge in [-0.3, -0.25) is 14.0 Å². The van der Waals surface area contributed by atoms with Gasteiger partial charge in [0, 0.05) is 24.0 Å². The highest BCUT2D eigenvalue weighted by molar-refractivity contribution is 8.13. The van der Waals surface area contributed by atoms with Gasteiger partial charge >= 0.3 is 0 Å². The summed E-state index contributed by atoms with van der Waals surface area (Å²) >= 11 is 2.70. The van der Waals surface area contributed by atoms with Gasteiger partial charge in [0.05, 0.1) is 25.4 Å². The number of aliphatic imine (C=N–C) groups is 1. The Labute approximate surface area is 169 Å². The second-order valence-corrected chi connectivity index (χ2v) is 10.1. The predicted octanol–water partition coefficient (Wildman–Crippen LogP) is 4.35. The van der Waals surface area contributed by atoms with Crippen molar-refractivity contribution in [2.24, 2.45) is 10.7 Å². The maximum atomic E-state index is 14.4. The summed E-state index contributed by atoms with van der Waals surface area (Å²) in [6, 6.07) is 8.13. The molecule has 1 aliphatic heterocycles. The Hall–Kier alpha value is -1.51. The zero-order chi connectivity index (χ0) is 18.9. The molecule has 2 atom stereocenters. The van der Waals surface area contributed by atoms with E-state index in [4.69, 9.17) is 5.73 Å². The fraction of sp³-hybridized carbons (Fsp3) is 0.368. The van der Waals surface area contributed by atoms with Gasteiger partial charge in [-0.25, -0.2) is 4.39 Å². The Bertz CT molecular complexity index is 910. The fourth-order valence-corrected chi connectivity index (χ4v) is 5.52. The number of nitrogens with zero attached hydrogens (tertiary/aromatic N) is 1. The first-order valence-electron chi connectivity index (χ1n) is 8.02. The maximum absolute atomic E-state index is 14.4. The lowest BCUT2D eigenvalue weighted by molar-refractivity contribution is 0.0996. The van der Waals surface area contributed by atoms with Crippen LogP contribution in [0, 0.1) is 5.82 Å². The highest BCUT2D eigenvalue weighted by Gasteiger charge is 2.32. The molecular formula is C19H23FN2O2S3. The first-order chi connectivity index (χ1) is 12.3. The third-order valence-electron chi connectivity index (χ3n) is 4.31. The third-order valence-corrected chi connectivity index (χ3v) is 7.68. The lowest BCUT2D eigenvalue weighted by atomic mass is 9.87. The number of hydrogen-bond donors (Lipinski definition) is 1. The first-order valence-corrected chi connectivity index (χ1v) is 11.4. The Kier molecular flexibility index (Phi) is 6.99. The molecule has 0 spiro atoms. The molecule has 2 heterocycles. The van der Waals surface area contributed by atoms with Gasteiger partial charge in [-0.2, -0.15) is 0 Å². The van der Waals surface area contributed by atoms with Gasteiger partial charge < -0.3 is 5.73 Å². The lowest BCUT2D eigenvalue weighted by Gasteiger charge is -2.30. The molecule has 0 saturated carbocycles. The van der Waals surface area contributed by atoms with E-state index in [1.165, 1.54) is 29.2 Å². The van der Waals surface area contributed by atoms with Crippen molar-refractivity contribution in [3.63, 3.8) is 0 Å². The summed E-state index contributed by atoms with van der Waals surface area (Å²) in [6.07, 6.45) is 2.43.